The normalized spacial score (nSPS) is 12.0. The lowest BCUT2D eigenvalue weighted by Crippen LogP contribution is -2.45. The zero-order chi connectivity index (χ0) is 28.7. The molecule has 0 spiro atoms. The standard InChI is InChI=1S/C27H34N4O8/c1-27(2,3)39-26(36)29-21(22(32)33)15-10-16-28-23(30-24(34)37-17-19-11-6-4-7-12-19)31-25(35)38-18-20-13-8-5-9-14-20/h4-9,11-14,21H,10,15-18H2,1-3H3,(H,29,36)(H,32,33)(H2,28,30,31,34,35). The Bertz CT molecular complexity index is 1120. The third kappa shape index (κ3) is 13.5. The first kappa shape index (κ1) is 30.6. The molecule has 12 nitrogen and oxygen atoms in total. The maximum Gasteiger partial charge on any atom is 0.437 e. The van der Waals surface area contributed by atoms with Crippen molar-refractivity contribution in [3.8, 4) is 0 Å². The summed E-state index contributed by atoms with van der Waals surface area (Å²) in [5, 5.41) is 16.9. The monoisotopic (exact) mass is 542 g/mol. The minimum Gasteiger partial charge on any atom is -0.480 e. The lowest BCUT2D eigenvalue weighted by Gasteiger charge is -2.22. The number of alkyl carbamates (subject to hydrolysis) is 2. The molecule has 0 aliphatic carbocycles. The van der Waals surface area contributed by atoms with E-state index in [9.17, 15) is 24.3 Å². The van der Waals surface area contributed by atoms with Crippen molar-refractivity contribution in [3.63, 3.8) is 0 Å². The number of carbonyl (C=O) groups excluding carboxylic acids is 3. The topological polar surface area (TPSA) is 165 Å². The highest BCUT2D eigenvalue weighted by Crippen LogP contribution is 2.08. The van der Waals surface area contributed by atoms with Crippen LogP contribution in [0.3, 0.4) is 0 Å². The van der Waals surface area contributed by atoms with Crippen LogP contribution < -0.4 is 16.0 Å². The summed E-state index contributed by atoms with van der Waals surface area (Å²) in [6.45, 7) is 5.06. The molecule has 0 radical (unpaired) electrons. The molecule has 1 atom stereocenters. The van der Waals surface area contributed by atoms with E-state index in [1.165, 1.54) is 0 Å². The van der Waals surface area contributed by atoms with Crippen molar-refractivity contribution in [1.29, 1.82) is 0 Å². The highest BCUT2D eigenvalue weighted by atomic mass is 16.6. The molecule has 2 rings (SSSR count). The van der Waals surface area contributed by atoms with Crippen LogP contribution in [0.15, 0.2) is 65.7 Å². The number of carboxylic acid groups (broad SMARTS) is 1. The van der Waals surface area contributed by atoms with Crippen molar-refractivity contribution in [1.82, 2.24) is 16.0 Å². The van der Waals surface area contributed by atoms with Crippen LogP contribution in [0.4, 0.5) is 14.4 Å². The third-order valence-corrected chi connectivity index (χ3v) is 4.79. The van der Waals surface area contributed by atoms with Gasteiger partial charge in [0.1, 0.15) is 24.9 Å². The minimum atomic E-state index is -1.23. The van der Waals surface area contributed by atoms with Crippen molar-refractivity contribution in [3.05, 3.63) is 71.8 Å². The molecule has 0 bridgehead atoms. The van der Waals surface area contributed by atoms with Crippen LogP contribution in [0, 0.1) is 0 Å². The summed E-state index contributed by atoms with van der Waals surface area (Å²) in [7, 11) is 0. The number of benzene rings is 2. The minimum absolute atomic E-state index is 0.00493. The molecule has 2 aromatic carbocycles. The van der Waals surface area contributed by atoms with Crippen LogP contribution in [-0.2, 0) is 32.2 Å². The first-order valence-corrected chi connectivity index (χ1v) is 12.2. The maximum absolute atomic E-state index is 12.3. The molecule has 39 heavy (non-hydrogen) atoms. The molecule has 0 aromatic heterocycles. The smallest absolute Gasteiger partial charge is 0.437 e. The van der Waals surface area contributed by atoms with Gasteiger partial charge in [-0.15, -0.1) is 4.99 Å². The Kier molecular flexibility index (Phi) is 12.2. The average Bonchev–Trinajstić information content (AvgIpc) is 2.88. The van der Waals surface area contributed by atoms with Gasteiger partial charge in [0.2, 0.25) is 5.96 Å². The summed E-state index contributed by atoms with van der Waals surface area (Å²) in [5.74, 6) is -1.47. The molecule has 1 unspecified atom stereocenters. The number of rotatable bonds is 10. The van der Waals surface area contributed by atoms with E-state index in [4.69, 9.17) is 14.2 Å². The van der Waals surface area contributed by atoms with Crippen molar-refractivity contribution >= 4 is 30.2 Å². The Balaban J connectivity index is 1.94. The van der Waals surface area contributed by atoms with Crippen molar-refractivity contribution in [2.45, 2.75) is 58.5 Å². The van der Waals surface area contributed by atoms with Gasteiger partial charge in [-0.3, -0.25) is 5.32 Å². The Morgan fingerprint density at radius 2 is 1.44 bits per heavy atom. The SMILES string of the molecule is CC(C)(C)OC(=O)NC(CCCN/C(=N/C(=O)OCc1ccccc1)NC(=O)OCc1ccccc1)C(=O)O. The molecular formula is C27H34N4O8. The van der Waals surface area contributed by atoms with Gasteiger partial charge >= 0.3 is 24.2 Å². The number of amides is 3. The molecule has 0 aliphatic heterocycles. The van der Waals surface area contributed by atoms with E-state index < -0.39 is 35.9 Å². The number of aliphatic carboxylic acids is 1. The second-order valence-electron chi connectivity index (χ2n) is 9.29. The summed E-state index contributed by atoms with van der Waals surface area (Å²) in [6.07, 6.45) is -2.41. The first-order chi connectivity index (χ1) is 18.5. The molecule has 0 saturated heterocycles. The van der Waals surface area contributed by atoms with Crippen LogP contribution in [0.5, 0.6) is 0 Å². The van der Waals surface area contributed by atoms with E-state index >= 15 is 0 Å². The second kappa shape index (κ2) is 15.6. The first-order valence-electron chi connectivity index (χ1n) is 12.2. The Morgan fingerprint density at radius 1 is 0.872 bits per heavy atom. The summed E-state index contributed by atoms with van der Waals surface area (Å²) >= 11 is 0. The van der Waals surface area contributed by atoms with Gasteiger partial charge in [0, 0.05) is 6.54 Å². The average molecular weight is 543 g/mol. The Morgan fingerprint density at radius 3 is 1.97 bits per heavy atom. The molecule has 0 saturated carbocycles. The fourth-order valence-corrected chi connectivity index (χ4v) is 3.03. The van der Waals surface area contributed by atoms with Crippen LogP contribution in [-0.4, -0.2) is 53.5 Å². The van der Waals surface area contributed by atoms with E-state index in [-0.39, 0.29) is 38.6 Å². The van der Waals surface area contributed by atoms with E-state index in [2.05, 4.69) is 20.9 Å². The van der Waals surface area contributed by atoms with Crippen LogP contribution >= 0.6 is 0 Å². The number of carboxylic acids is 1. The highest BCUT2D eigenvalue weighted by molar-refractivity contribution is 5.98. The van der Waals surface area contributed by atoms with Crippen LogP contribution in [0.1, 0.15) is 44.7 Å². The van der Waals surface area contributed by atoms with E-state index in [0.717, 1.165) is 11.1 Å². The number of carbonyl (C=O) groups is 4. The van der Waals surface area contributed by atoms with Gasteiger partial charge in [-0.25, -0.2) is 19.2 Å². The van der Waals surface area contributed by atoms with Gasteiger partial charge in [0.05, 0.1) is 0 Å². The Labute approximate surface area is 226 Å². The highest BCUT2D eigenvalue weighted by Gasteiger charge is 2.23. The number of guanidine groups is 1. The lowest BCUT2D eigenvalue weighted by atomic mass is 10.1. The molecule has 0 aliphatic rings. The van der Waals surface area contributed by atoms with Gasteiger partial charge in [0.15, 0.2) is 0 Å². The summed E-state index contributed by atoms with van der Waals surface area (Å²) in [5.41, 5.74) is 0.734. The predicted molar refractivity (Wildman–Crippen MR) is 142 cm³/mol. The van der Waals surface area contributed by atoms with E-state index in [0.29, 0.717) is 0 Å². The number of nitrogens with zero attached hydrogens (tertiary/aromatic N) is 1. The summed E-state index contributed by atoms with van der Waals surface area (Å²) in [6, 6.07) is 16.8. The predicted octanol–water partition coefficient (Wildman–Crippen LogP) is 3.95. The molecule has 0 heterocycles. The maximum atomic E-state index is 12.3. The quantitative estimate of drug-likeness (QED) is 0.151. The third-order valence-electron chi connectivity index (χ3n) is 4.79. The molecule has 0 fully saturated rings. The summed E-state index contributed by atoms with van der Waals surface area (Å²) < 4.78 is 15.4. The van der Waals surface area contributed by atoms with Crippen molar-refractivity contribution in [2.24, 2.45) is 4.99 Å². The van der Waals surface area contributed by atoms with Gasteiger partial charge in [-0.2, -0.15) is 0 Å². The molecular weight excluding hydrogens is 508 g/mol. The lowest BCUT2D eigenvalue weighted by molar-refractivity contribution is -0.139. The number of ether oxygens (including phenoxy) is 3. The van der Waals surface area contributed by atoms with Crippen LogP contribution in [0.2, 0.25) is 0 Å². The van der Waals surface area contributed by atoms with Crippen LogP contribution in [0.25, 0.3) is 0 Å². The molecule has 210 valence electrons. The molecule has 4 N–H and O–H groups in total. The van der Waals surface area contributed by atoms with Gasteiger partial charge in [-0.1, -0.05) is 60.7 Å². The van der Waals surface area contributed by atoms with Gasteiger partial charge in [0.25, 0.3) is 0 Å². The fraction of sp³-hybridized carbons (Fsp3) is 0.370. The number of aliphatic imine (C=N–C) groups is 1. The van der Waals surface area contributed by atoms with E-state index in [1.807, 2.05) is 12.1 Å². The van der Waals surface area contributed by atoms with Crippen molar-refractivity contribution in [2.75, 3.05) is 6.54 Å². The number of hydrogen-bond acceptors (Lipinski definition) is 7. The second-order valence-corrected chi connectivity index (χ2v) is 9.29. The van der Waals surface area contributed by atoms with Gasteiger partial charge in [-0.05, 0) is 44.7 Å². The largest absolute Gasteiger partial charge is 0.480 e. The van der Waals surface area contributed by atoms with E-state index in [1.54, 1.807) is 69.3 Å². The molecule has 3 amide bonds. The number of nitrogens with one attached hydrogen (secondary N) is 3. The number of hydrogen-bond donors (Lipinski definition) is 4. The summed E-state index contributed by atoms with van der Waals surface area (Å²) in [4.78, 5) is 51.8. The van der Waals surface area contributed by atoms with Gasteiger partial charge < -0.3 is 30.0 Å². The van der Waals surface area contributed by atoms with Crippen molar-refractivity contribution < 1.29 is 38.5 Å². The zero-order valence-corrected chi connectivity index (χ0v) is 22.1. The molecule has 2 aromatic rings. The fourth-order valence-electron chi connectivity index (χ4n) is 3.03. The Hall–Kier alpha value is -4.61. The zero-order valence-electron chi connectivity index (χ0n) is 22.1. The molecule has 12 heteroatoms.